The van der Waals surface area contributed by atoms with Crippen LogP contribution in [-0.4, -0.2) is 23.3 Å². The van der Waals surface area contributed by atoms with Gasteiger partial charge in [-0.15, -0.1) is 23.5 Å². The van der Waals surface area contributed by atoms with Crippen LogP contribution in [0.25, 0.3) is 6.08 Å². The summed E-state index contributed by atoms with van der Waals surface area (Å²) < 4.78 is 0.559. The van der Waals surface area contributed by atoms with Crippen LogP contribution in [0.15, 0.2) is 40.2 Å². The Balaban J connectivity index is 2.19. The van der Waals surface area contributed by atoms with Crippen molar-refractivity contribution in [2.45, 2.75) is 6.92 Å². The van der Waals surface area contributed by atoms with E-state index < -0.39 is 11.8 Å². The van der Waals surface area contributed by atoms with Crippen molar-refractivity contribution in [1.29, 1.82) is 0 Å². The molecule has 1 aliphatic heterocycles. The zero-order chi connectivity index (χ0) is 14.5. The molecule has 1 heterocycles. The average Bonchev–Trinajstić information content (AvgIpc) is 2.91. The van der Waals surface area contributed by atoms with Crippen LogP contribution in [-0.2, 0) is 9.59 Å². The van der Waals surface area contributed by atoms with Crippen LogP contribution in [0.3, 0.4) is 0 Å². The Kier molecular flexibility index (Phi) is 5.09. The minimum absolute atomic E-state index is 0.221. The average molecular weight is 305 g/mol. The smallest absolute Gasteiger partial charge is 0.189 e. The molecule has 3 nitrogen and oxygen atoms in total. The summed E-state index contributed by atoms with van der Waals surface area (Å²) in [5.74, 6) is -0.264. The highest BCUT2D eigenvalue weighted by molar-refractivity contribution is 8.25. The first-order chi connectivity index (χ1) is 9.58. The van der Waals surface area contributed by atoms with Gasteiger partial charge in [-0.25, -0.2) is 0 Å². The SMILES string of the molecule is Cc1ccc(/C=C/C(=O)C(C(=O)[O-])=C2SCCS2)cc1. The number of carboxylic acids is 1. The lowest BCUT2D eigenvalue weighted by Crippen LogP contribution is -2.28. The molecular weight excluding hydrogens is 292 g/mol. The maximum Gasteiger partial charge on any atom is 0.189 e. The Bertz CT molecular complexity index is 578. The zero-order valence-electron chi connectivity index (χ0n) is 10.9. The summed E-state index contributed by atoms with van der Waals surface area (Å²) in [5, 5.41) is 11.1. The van der Waals surface area contributed by atoms with E-state index in [1.54, 1.807) is 6.08 Å². The molecular formula is C15H13O3S2-. The molecule has 1 aliphatic rings. The molecule has 1 aromatic rings. The van der Waals surface area contributed by atoms with E-state index in [0.29, 0.717) is 4.24 Å². The summed E-state index contributed by atoms with van der Waals surface area (Å²) in [6.45, 7) is 1.98. The fraction of sp³-hybridized carbons (Fsp3) is 0.200. The number of ketones is 1. The van der Waals surface area contributed by atoms with Crippen LogP contribution >= 0.6 is 23.5 Å². The number of rotatable bonds is 4. The van der Waals surface area contributed by atoms with Gasteiger partial charge in [0.15, 0.2) is 5.78 Å². The number of aliphatic carboxylic acids is 1. The molecule has 1 aromatic carbocycles. The number of carboxylic acid groups (broad SMARTS) is 1. The van der Waals surface area contributed by atoms with E-state index in [1.165, 1.54) is 29.6 Å². The number of allylic oxidation sites excluding steroid dienone is 1. The van der Waals surface area contributed by atoms with E-state index in [2.05, 4.69) is 0 Å². The molecule has 0 aliphatic carbocycles. The third-order valence-electron chi connectivity index (χ3n) is 2.71. The Labute approximate surface area is 126 Å². The van der Waals surface area contributed by atoms with Gasteiger partial charge in [0.05, 0.1) is 15.8 Å². The van der Waals surface area contributed by atoms with Gasteiger partial charge in [-0.1, -0.05) is 35.9 Å². The standard InChI is InChI=1S/C15H14O3S2/c1-10-2-4-11(5-3-10)6-7-12(16)13(14(17)18)15-19-8-9-20-15/h2-7H,8-9H2,1H3,(H,17,18)/p-1/b7-6+. The number of hydrogen-bond donors (Lipinski definition) is 0. The van der Waals surface area contributed by atoms with Gasteiger partial charge in [0.25, 0.3) is 0 Å². The van der Waals surface area contributed by atoms with Crippen molar-refractivity contribution >= 4 is 41.4 Å². The van der Waals surface area contributed by atoms with Crippen molar-refractivity contribution in [3.05, 3.63) is 51.3 Å². The molecule has 0 saturated carbocycles. The summed E-state index contributed by atoms with van der Waals surface area (Å²) in [6.07, 6.45) is 2.91. The monoisotopic (exact) mass is 305 g/mol. The number of aryl methyl sites for hydroxylation is 1. The lowest BCUT2D eigenvalue weighted by Gasteiger charge is -2.07. The first kappa shape index (κ1) is 14.9. The second kappa shape index (κ2) is 6.81. The summed E-state index contributed by atoms with van der Waals surface area (Å²) >= 11 is 2.80. The van der Waals surface area contributed by atoms with Crippen molar-refractivity contribution in [1.82, 2.24) is 0 Å². The third kappa shape index (κ3) is 3.77. The quantitative estimate of drug-likeness (QED) is 0.484. The molecule has 0 bridgehead atoms. The second-order valence-electron chi connectivity index (χ2n) is 4.26. The summed E-state index contributed by atoms with van der Waals surface area (Å²) in [4.78, 5) is 23.2. The molecule has 2 rings (SSSR count). The maximum atomic E-state index is 12.0. The van der Waals surface area contributed by atoms with Crippen molar-refractivity contribution in [3.8, 4) is 0 Å². The van der Waals surface area contributed by atoms with Gasteiger partial charge < -0.3 is 9.90 Å². The largest absolute Gasteiger partial charge is 0.545 e. The fourth-order valence-electron chi connectivity index (χ4n) is 1.67. The molecule has 104 valence electrons. The van der Waals surface area contributed by atoms with E-state index >= 15 is 0 Å². The molecule has 5 heteroatoms. The molecule has 0 amide bonds. The van der Waals surface area contributed by atoms with Gasteiger partial charge >= 0.3 is 0 Å². The molecule has 1 fully saturated rings. The van der Waals surface area contributed by atoms with Crippen molar-refractivity contribution in [3.63, 3.8) is 0 Å². The second-order valence-corrected chi connectivity index (χ2v) is 6.72. The highest BCUT2D eigenvalue weighted by Gasteiger charge is 2.19. The summed E-state index contributed by atoms with van der Waals surface area (Å²) in [7, 11) is 0. The van der Waals surface area contributed by atoms with Crippen molar-refractivity contribution < 1.29 is 14.7 Å². The van der Waals surface area contributed by atoms with Crippen LogP contribution in [0.5, 0.6) is 0 Å². The maximum absolute atomic E-state index is 12.0. The number of benzene rings is 1. The van der Waals surface area contributed by atoms with Crippen LogP contribution in [0, 0.1) is 6.92 Å². The van der Waals surface area contributed by atoms with Crippen molar-refractivity contribution in [2.24, 2.45) is 0 Å². The van der Waals surface area contributed by atoms with Crippen molar-refractivity contribution in [2.75, 3.05) is 11.5 Å². The van der Waals surface area contributed by atoms with E-state index in [4.69, 9.17) is 0 Å². The van der Waals surface area contributed by atoms with Gasteiger partial charge in [0.1, 0.15) is 0 Å². The summed E-state index contributed by atoms with van der Waals surface area (Å²) in [6, 6.07) is 7.63. The Morgan fingerprint density at radius 3 is 2.30 bits per heavy atom. The first-order valence-corrected chi connectivity index (χ1v) is 8.05. The third-order valence-corrected chi connectivity index (χ3v) is 5.42. The van der Waals surface area contributed by atoms with Crippen LogP contribution < -0.4 is 5.11 Å². The van der Waals surface area contributed by atoms with Crippen LogP contribution in [0.1, 0.15) is 11.1 Å². The topological polar surface area (TPSA) is 57.2 Å². The Hall–Kier alpha value is -1.46. The number of thioether (sulfide) groups is 2. The minimum atomic E-state index is -1.40. The van der Waals surface area contributed by atoms with E-state index in [9.17, 15) is 14.7 Å². The molecule has 0 atom stereocenters. The summed E-state index contributed by atoms with van der Waals surface area (Å²) in [5.41, 5.74) is 1.77. The highest BCUT2D eigenvalue weighted by atomic mass is 32.2. The molecule has 1 saturated heterocycles. The fourth-order valence-corrected chi connectivity index (χ4v) is 4.20. The van der Waals surface area contributed by atoms with Gasteiger partial charge in [0.2, 0.25) is 0 Å². The number of carbonyl (C=O) groups is 2. The molecule has 0 unspecified atom stereocenters. The molecule has 0 spiro atoms. The first-order valence-electron chi connectivity index (χ1n) is 6.08. The zero-order valence-corrected chi connectivity index (χ0v) is 12.6. The lowest BCUT2D eigenvalue weighted by atomic mass is 10.1. The van der Waals surface area contributed by atoms with E-state index in [0.717, 1.165) is 22.6 Å². The normalized spacial score (nSPS) is 14.8. The molecule has 20 heavy (non-hydrogen) atoms. The predicted octanol–water partition coefficient (Wildman–Crippen LogP) is 2.02. The predicted molar refractivity (Wildman–Crippen MR) is 82.2 cm³/mol. The lowest BCUT2D eigenvalue weighted by molar-refractivity contribution is -0.298. The Morgan fingerprint density at radius 2 is 1.75 bits per heavy atom. The number of hydrogen-bond acceptors (Lipinski definition) is 5. The van der Waals surface area contributed by atoms with E-state index in [1.807, 2.05) is 31.2 Å². The molecule has 0 N–H and O–H groups in total. The molecule has 0 aromatic heterocycles. The van der Waals surface area contributed by atoms with Gasteiger partial charge in [-0.2, -0.15) is 0 Å². The highest BCUT2D eigenvalue weighted by Crippen LogP contribution is 2.38. The Morgan fingerprint density at radius 1 is 1.15 bits per heavy atom. The molecule has 0 radical (unpaired) electrons. The van der Waals surface area contributed by atoms with Gasteiger partial charge in [-0.05, 0) is 18.6 Å². The van der Waals surface area contributed by atoms with Gasteiger partial charge in [-0.3, -0.25) is 4.79 Å². The minimum Gasteiger partial charge on any atom is -0.545 e. The number of carbonyl (C=O) groups excluding carboxylic acids is 2. The van der Waals surface area contributed by atoms with Crippen LogP contribution in [0.4, 0.5) is 0 Å². The van der Waals surface area contributed by atoms with Gasteiger partial charge in [0, 0.05) is 11.5 Å². The van der Waals surface area contributed by atoms with Crippen LogP contribution in [0.2, 0.25) is 0 Å². The van der Waals surface area contributed by atoms with E-state index in [-0.39, 0.29) is 5.57 Å².